The molecule has 0 N–H and O–H groups in total. The number of methoxy groups -OCH3 is 1. The number of hydrogen-bond acceptors (Lipinski definition) is 6. The predicted octanol–water partition coefficient (Wildman–Crippen LogP) is 8.39. The topological polar surface area (TPSA) is 54.9 Å². The van der Waals surface area contributed by atoms with Crippen molar-refractivity contribution in [2.45, 2.75) is 83.8 Å². The van der Waals surface area contributed by atoms with Crippen molar-refractivity contribution >= 4 is 23.2 Å². The number of thiophene rings is 1. The van der Waals surface area contributed by atoms with Crippen LogP contribution in [0.15, 0.2) is 41.9 Å². The first-order valence-electron chi connectivity index (χ1n) is 14.1. The van der Waals surface area contributed by atoms with E-state index in [1.165, 1.54) is 19.3 Å². The number of cyclic esters (lactones) is 1. The van der Waals surface area contributed by atoms with Gasteiger partial charge in [0, 0.05) is 29.9 Å². The molecule has 6 nitrogen and oxygen atoms in total. The van der Waals surface area contributed by atoms with Crippen molar-refractivity contribution in [3.05, 3.63) is 64.2 Å². The van der Waals surface area contributed by atoms with E-state index in [1.807, 2.05) is 24.6 Å². The number of benzene rings is 1. The van der Waals surface area contributed by atoms with E-state index in [0.717, 1.165) is 59.1 Å². The number of anilines is 1. The van der Waals surface area contributed by atoms with Gasteiger partial charge in [-0.25, -0.2) is 9.78 Å². The van der Waals surface area contributed by atoms with Gasteiger partial charge in [-0.2, -0.15) is 13.2 Å². The van der Waals surface area contributed by atoms with Crippen LogP contribution in [0.1, 0.15) is 74.3 Å². The average Bonchev–Trinajstić information content (AvgIpc) is 3.54. The van der Waals surface area contributed by atoms with Crippen LogP contribution < -0.4 is 9.64 Å². The van der Waals surface area contributed by atoms with Crippen LogP contribution in [0.4, 0.5) is 23.8 Å². The Bertz CT molecular complexity index is 1390. The van der Waals surface area contributed by atoms with Crippen molar-refractivity contribution in [1.29, 1.82) is 0 Å². The van der Waals surface area contributed by atoms with Crippen LogP contribution in [0.3, 0.4) is 0 Å². The highest BCUT2D eigenvalue weighted by Crippen LogP contribution is 2.41. The summed E-state index contributed by atoms with van der Waals surface area (Å²) in [5, 5.41) is 1.96. The van der Waals surface area contributed by atoms with E-state index in [4.69, 9.17) is 14.5 Å². The maximum atomic E-state index is 13.6. The summed E-state index contributed by atoms with van der Waals surface area (Å²) < 4.78 is 51.9. The van der Waals surface area contributed by atoms with Crippen molar-refractivity contribution in [2.24, 2.45) is 0 Å². The lowest BCUT2D eigenvalue weighted by molar-refractivity contribution is -0.137. The van der Waals surface area contributed by atoms with E-state index in [2.05, 4.69) is 17.9 Å². The molecule has 2 aromatic heterocycles. The lowest BCUT2D eigenvalue weighted by Crippen LogP contribution is -2.39. The lowest BCUT2D eigenvalue weighted by atomic mass is 9.93. The molecule has 220 valence electrons. The number of alkyl halides is 3. The first-order valence-corrected chi connectivity index (χ1v) is 15.0. The molecular formula is C31H36F3N3O3S. The third kappa shape index (κ3) is 6.03. The molecule has 1 saturated heterocycles. The Kier molecular flexibility index (Phi) is 8.50. The van der Waals surface area contributed by atoms with E-state index in [9.17, 15) is 18.0 Å². The van der Waals surface area contributed by atoms with Crippen LogP contribution in [0.5, 0.6) is 5.75 Å². The molecule has 3 heterocycles. The minimum absolute atomic E-state index is 0.224. The van der Waals surface area contributed by atoms with Crippen LogP contribution in [0.2, 0.25) is 0 Å². The van der Waals surface area contributed by atoms with Gasteiger partial charge in [0.1, 0.15) is 17.7 Å². The molecule has 0 radical (unpaired) electrons. The molecule has 10 heteroatoms. The standard InChI is InChI=1S/C31H36F3N3O3S/c1-5-36(25-9-7-6-8-10-25)29-23(15-22(17-35-29)28-26(39-4)11-12-41-28)18-37-20(3)27(40-30(37)38)21-13-19(2)14-24(16-21)31(32,33)34/h11-17,20,25,27H,5-10,18H2,1-4H3/t20-,27?/m0/s1. The molecule has 1 saturated carbocycles. The molecule has 0 spiro atoms. The highest BCUT2D eigenvalue weighted by Gasteiger charge is 2.41. The van der Waals surface area contributed by atoms with Gasteiger partial charge in [0.2, 0.25) is 0 Å². The minimum Gasteiger partial charge on any atom is -0.495 e. The number of pyridine rings is 1. The molecule has 5 rings (SSSR count). The summed E-state index contributed by atoms with van der Waals surface area (Å²) in [6.07, 6.45) is 1.77. The maximum absolute atomic E-state index is 13.6. The van der Waals surface area contributed by atoms with Gasteiger partial charge in [-0.1, -0.05) is 30.9 Å². The van der Waals surface area contributed by atoms with E-state index in [-0.39, 0.29) is 6.54 Å². The smallest absolute Gasteiger partial charge is 0.416 e. The molecular weight excluding hydrogens is 551 g/mol. The zero-order valence-corrected chi connectivity index (χ0v) is 24.6. The van der Waals surface area contributed by atoms with Crippen molar-refractivity contribution in [2.75, 3.05) is 18.6 Å². The number of aromatic nitrogens is 1. The number of carbonyl (C=O) groups is 1. The van der Waals surface area contributed by atoms with Crippen molar-refractivity contribution in [3.63, 3.8) is 0 Å². The van der Waals surface area contributed by atoms with E-state index in [0.29, 0.717) is 17.2 Å². The normalized spacial score (nSPS) is 19.9. The van der Waals surface area contributed by atoms with Gasteiger partial charge in [0.25, 0.3) is 0 Å². The molecule has 2 aliphatic rings. The number of halogens is 3. The summed E-state index contributed by atoms with van der Waals surface area (Å²) in [5.74, 6) is 1.58. The number of nitrogens with zero attached hydrogens (tertiary/aromatic N) is 3. The fourth-order valence-corrected chi connectivity index (χ4v) is 6.97. The molecule has 3 aromatic rings. The largest absolute Gasteiger partial charge is 0.495 e. The van der Waals surface area contributed by atoms with Gasteiger partial charge in [0.15, 0.2) is 0 Å². The molecule has 1 aliphatic heterocycles. The molecule has 2 fully saturated rings. The van der Waals surface area contributed by atoms with E-state index in [1.54, 1.807) is 36.3 Å². The van der Waals surface area contributed by atoms with Gasteiger partial charge >= 0.3 is 12.3 Å². The summed E-state index contributed by atoms with van der Waals surface area (Å²) in [7, 11) is 1.63. The third-order valence-corrected chi connectivity index (χ3v) is 9.12. The quantitative estimate of drug-likeness (QED) is 0.265. The predicted molar refractivity (Wildman–Crippen MR) is 154 cm³/mol. The van der Waals surface area contributed by atoms with Crippen molar-refractivity contribution in [1.82, 2.24) is 9.88 Å². The number of amides is 1. The van der Waals surface area contributed by atoms with Crippen LogP contribution in [-0.2, 0) is 17.5 Å². The number of carbonyl (C=O) groups excluding carboxylic acids is 1. The molecule has 1 unspecified atom stereocenters. The van der Waals surface area contributed by atoms with E-state index >= 15 is 0 Å². The Morgan fingerprint density at radius 3 is 2.61 bits per heavy atom. The Morgan fingerprint density at radius 2 is 1.93 bits per heavy atom. The fourth-order valence-electron chi connectivity index (χ4n) is 6.13. The average molecular weight is 588 g/mol. The monoisotopic (exact) mass is 587 g/mol. The molecule has 1 aromatic carbocycles. The Labute approximate surface area is 243 Å². The highest BCUT2D eigenvalue weighted by molar-refractivity contribution is 7.14. The first kappa shape index (κ1) is 29.2. The van der Waals surface area contributed by atoms with Crippen LogP contribution in [-0.4, -0.2) is 41.7 Å². The summed E-state index contributed by atoms with van der Waals surface area (Å²) in [5.41, 5.74) is 1.82. The zero-order valence-electron chi connectivity index (χ0n) is 23.8. The Balaban J connectivity index is 1.50. The number of ether oxygens (including phenoxy) is 2. The SMILES string of the molecule is CCN(c1ncc(-c2sccc2OC)cc1CN1C(=O)OC(c2cc(C)cc(C(F)(F)F)c2)[C@@H]1C)C1CCCCC1. The second kappa shape index (κ2) is 11.9. The van der Waals surface area contributed by atoms with Crippen LogP contribution >= 0.6 is 11.3 Å². The van der Waals surface area contributed by atoms with E-state index < -0.39 is 30.0 Å². The molecule has 0 bridgehead atoms. The van der Waals surface area contributed by atoms with Gasteiger partial charge in [0.05, 0.1) is 30.1 Å². The number of hydrogen-bond donors (Lipinski definition) is 0. The number of rotatable bonds is 8. The second-order valence-corrected chi connectivity index (χ2v) is 11.8. The fraction of sp³-hybridized carbons (Fsp3) is 0.484. The number of aryl methyl sites for hydroxylation is 1. The van der Waals surface area contributed by atoms with Gasteiger partial charge < -0.3 is 14.4 Å². The molecule has 1 aliphatic carbocycles. The van der Waals surface area contributed by atoms with Gasteiger partial charge in [-0.15, -0.1) is 11.3 Å². The highest BCUT2D eigenvalue weighted by atomic mass is 32.1. The van der Waals surface area contributed by atoms with Crippen LogP contribution in [0.25, 0.3) is 10.4 Å². The molecule has 2 atom stereocenters. The minimum atomic E-state index is -4.49. The summed E-state index contributed by atoms with van der Waals surface area (Å²) in [4.78, 5) is 23.1. The van der Waals surface area contributed by atoms with Crippen molar-refractivity contribution < 1.29 is 27.4 Å². The summed E-state index contributed by atoms with van der Waals surface area (Å²) in [6.45, 7) is 6.56. The Hall–Kier alpha value is -3.27. The van der Waals surface area contributed by atoms with Crippen molar-refractivity contribution in [3.8, 4) is 16.2 Å². The Morgan fingerprint density at radius 1 is 1.17 bits per heavy atom. The maximum Gasteiger partial charge on any atom is 0.416 e. The molecule has 41 heavy (non-hydrogen) atoms. The second-order valence-electron chi connectivity index (χ2n) is 10.9. The third-order valence-electron chi connectivity index (χ3n) is 8.17. The van der Waals surface area contributed by atoms with Gasteiger partial charge in [-0.3, -0.25) is 4.90 Å². The van der Waals surface area contributed by atoms with Crippen LogP contribution in [0, 0.1) is 6.92 Å². The van der Waals surface area contributed by atoms with Gasteiger partial charge in [-0.05, 0) is 68.8 Å². The lowest BCUT2D eigenvalue weighted by Gasteiger charge is -2.36. The molecule has 1 amide bonds. The summed E-state index contributed by atoms with van der Waals surface area (Å²) >= 11 is 1.55. The zero-order chi connectivity index (χ0) is 29.3. The summed E-state index contributed by atoms with van der Waals surface area (Å²) in [6, 6.07) is 7.71. The first-order chi connectivity index (χ1) is 19.6.